The molecule has 1 fully saturated rings. The first-order valence-corrected chi connectivity index (χ1v) is 9.16. The monoisotopic (exact) mass is 421 g/mol. The lowest BCUT2D eigenvalue weighted by Crippen LogP contribution is -2.51. The van der Waals surface area contributed by atoms with Gasteiger partial charge in [0, 0.05) is 19.3 Å². The number of benzene rings is 1. The van der Waals surface area contributed by atoms with Crippen LogP contribution in [0.1, 0.15) is 26.7 Å². The molecule has 1 aromatic carbocycles. The predicted octanol–water partition coefficient (Wildman–Crippen LogP) is 2.96. The van der Waals surface area contributed by atoms with E-state index in [0.717, 1.165) is 44.2 Å². The first-order valence-electron chi connectivity index (χ1n) is 9.16. The van der Waals surface area contributed by atoms with Gasteiger partial charge < -0.3 is 25.0 Å². The summed E-state index contributed by atoms with van der Waals surface area (Å²) < 4.78 is 11.3. The highest BCUT2D eigenvalue weighted by Crippen LogP contribution is 2.25. The SMILES string of the molecule is CCN(CC)CCOc1ccc(NC(=O)C2(OC)CCNCC2)cc1.Cl.Cl. The van der Waals surface area contributed by atoms with Crippen molar-refractivity contribution in [1.82, 2.24) is 10.2 Å². The quantitative estimate of drug-likeness (QED) is 0.641. The molecule has 0 radical (unpaired) electrons. The van der Waals surface area contributed by atoms with Crippen molar-refractivity contribution in [2.24, 2.45) is 0 Å². The molecule has 8 heteroatoms. The Hall–Kier alpha value is -1.05. The summed E-state index contributed by atoms with van der Waals surface area (Å²) in [5, 5.41) is 6.22. The Morgan fingerprint density at radius 3 is 2.26 bits per heavy atom. The highest BCUT2D eigenvalue weighted by molar-refractivity contribution is 5.97. The Bertz CT molecular complexity index is 534. The predicted molar refractivity (Wildman–Crippen MR) is 115 cm³/mol. The smallest absolute Gasteiger partial charge is 0.256 e. The lowest BCUT2D eigenvalue weighted by molar-refractivity contribution is -0.140. The van der Waals surface area contributed by atoms with Crippen molar-refractivity contribution in [2.75, 3.05) is 51.8 Å². The molecule has 2 N–H and O–H groups in total. The van der Waals surface area contributed by atoms with Crippen LogP contribution >= 0.6 is 24.8 Å². The van der Waals surface area contributed by atoms with Crippen LogP contribution in [0.2, 0.25) is 0 Å². The van der Waals surface area contributed by atoms with Gasteiger partial charge in [0.05, 0.1) is 0 Å². The van der Waals surface area contributed by atoms with Gasteiger partial charge in [0.25, 0.3) is 5.91 Å². The first kappa shape index (κ1) is 26.0. The minimum atomic E-state index is -0.732. The number of nitrogens with zero attached hydrogens (tertiary/aromatic N) is 1. The summed E-state index contributed by atoms with van der Waals surface area (Å²) in [7, 11) is 1.61. The maximum Gasteiger partial charge on any atom is 0.256 e. The molecule has 156 valence electrons. The second-order valence-corrected chi connectivity index (χ2v) is 6.30. The van der Waals surface area contributed by atoms with Crippen LogP contribution < -0.4 is 15.4 Å². The van der Waals surface area contributed by atoms with Crippen LogP contribution in [0, 0.1) is 0 Å². The van der Waals surface area contributed by atoms with Crippen LogP contribution in [-0.4, -0.2) is 62.8 Å². The number of hydrogen-bond donors (Lipinski definition) is 2. The highest BCUT2D eigenvalue weighted by Gasteiger charge is 2.39. The van der Waals surface area contributed by atoms with Crippen molar-refractivity contribution in [3.8, 4) is 5.75 Å². The molecule has 1 aliphatic heterocycles. The Kier molecular flexibility index (Phi) is 12.7. The molecule has 0 atom stereocenters. The van der Waals surface area contributed by atoms with Gasteiger partial charge in [-0.1, -0.05) is 13.8 Å². The Morgan fingerprint density at radius 2 is 1.74 bits per heavy atom. The van der Waals surface area contributed by atoms with E-state index in [4.69, 9.17) is 9.47 Å². The summed E-state index contributed by atoms with van der Waals surface area (Å²) in [5.41, 5.74) is 0.0283. The zero-order valence-corrected chi connectivity index (χ0v) is 18.1. The molecule has 0 saturated carbocycles. The third-order valence-corrected chi connectivity index (χ3v) is 4.90. The van der Waals surface area contributed by atoms with Crippen molar-refractivity contribution in [2.45, 2.75) is 32.3 Å². The molecular weight excluding hydrogens is 389 g/mol. The van der Waals surface area contributed by atoms with Crippen LogP contribution in [0.5, 0.6) is 5.75 Å². The van der Waals surface area contributed by atoms with Gasteiger partial charge in [-0.2, -0.15) is 0 Å². The average molecular weight is 422 g/mol. The molecule has 1 amide bonds. The van der Waals surface area contributed by atoms with E-state index in [9.17, 15) is 4.79 Å². The standard InChI is InChI=1S/C19H31N3O3.2ClH/c1-4-22(5-2)14-15-25-17-8-6-16(7-9-17)21-18(23)19(24-3)10-12-20-13-11-19;;/h6-9,20H,4-5,10-15H2,1-3H3,(H,21,23);2*1H. The van der Waals surface area contributed by atoms with Crippen LogP contribution in [0.3, 0.4) is 0 Å². The number of rotatable bonds is 9. The summed E-state index contributed by atoms with van der Waals surface area (Å²) >= 11 is 0. The molecule has 0 unspecified atom stereocenters. The molecule has 0 bridgehead atoms. The number of halogens is 2. The minimum absolute atomic E-state index is 0. The lowest BCUT2D eigenvalue weighted by Gasteiger charge is -2.34. The van der Waals surface area contributed by atoms with Gasteiger partial charge in [0.1, 0.15) is 18.0 Å². The first-order chi connectivity index (χ1) is 12.1. The van der Waals surface area contributed by atoms with E-state index in [-0.39, 0.29) is 30.7 Å². The minimum Gasteiger partial charge on any atom is -0.492 e. The molecule has 6 nitrogen and oxygen atoms in total. The summed E-state index contributed by atoms with van der Waals surface area (Å²) in [4.78, 5) is 14.9. The van der Waals surface area contributed by atoms with Crippen LogP contribution in [0.15, 0.2) is 24.3 Å². The van der Waals surface area contributed by atoms with Gasteiger partial charge in [-0.15, -0.1) is 24.8 Å². The molecule has 0 spiro atoms. The topological polar surface area (TPSA) is 62.8 Å². The zero-order valence-electron chi connectivity index (χ0n) is 16.5. The van der Waals surface area contributed by atoms with Crippen molar-refractivity contribution in [3.63, 3.8) is 0 Å². The van der Waals surface area contributed by atoms with E-state index in [1.54, 1.807) is 7.11 Å². The third-order valence-electron chi connectivity index (χ3n) is 4.90. The van der Waals surface area contributed by atoms with Crippen molar-refractivity contribution < 1.29 is 14.3 Å². The molecule has 1 heterocycles. The number of hydrogen-bond acceptors (Lipinski definition) is 5. The van der Waals surface area contributed by atoms with E-state index in [0.29, 0.717) is 19.4 Å². The third kappa shape index (κ3) is 7.47. The van der Waals surface area contributed by atoms with Gasteiger partial charge in [-0.25, -0.2) is 0 Å². The number of carbonyl (C=O) groups excluding carboxylic acids is 1. The van der Waals surface area contributed by atoms with Gasteiger partial charge in [-0.3, -0.25) is 4.79 Å². The van der Waals surface area contributed by atoms with E-state index in [1.165, 1.54) is 0 Å². The van der Waals surface area contributed by atoms with Crippen LogP contribution in [0.4, 0.5) is 5.69 Å². The second kappa shape index (κ2) is 13.2. The second-order valence-electron chi connectivity index (χ2n) is 6.30. The van der Waals surface area contributed by atoms with Gasteiger partial charge in [-0.05, 0) is 63.3 Å². The molecule has 0 aromatic heterocycles. The number of nitrogens with one attached hydrogen (secondary N) is 2. The number of amides is 1. The number of carbonyl (C=O) groups is 1. The molecule has 1 aliphatic rings. The van der Waals surface area contributed by atoms with Gasteiger partial charge in [0.2, 0.25) is 0 Å². The number of piperidine rings is 1. The maximum absolute atomic E-state index is 12.6. The van der Waals surface area contributed by atoms with Crippen LogP contribution in [-0.2, 0) is 9.53 Å². The zero-order chi connectivity index (χ0) is 18.1. The lowest BCUT2D eigenvalue weighted by atomic mass is 9.91. The summed E-state index contributed by atoms with van der Waals surface area (Å²) in [6, 6.07) is 7.52. The Labute approximate surface area is 175 Å². The molecule has 0 aliphatic carbocycles. The number of anilines is 1. The summed E-state index contributed by atoms with van der Waals surface area (Å²) in [6.45, 7) is 9.51. The number of ether oxygens (including phenoxy) is 2. The highest BCUT2D eigenvalue weighted by atomic mass is 35.5. The largest absolute Gasteiger partial charge is 0.492 e. The molecular formula is C19H33Cl2N3O3. The van der Waals surface area contributed by atoms with E-state index < -0.39 is 5.60 Å². The van der Waals surface area contributed by atoms with Gasteiger partial charge in [0.15, 0.2) is 0 Å². The Morgan fingerprint density at radius 1 is 1.15 bits per heavy atom. The molecule has 27 heavy (non-hydrogen) atoms. The van der Waals surface area contributed by atoms with Crippen molar-refractivity contribution in [3.05, 3.63) is 24.3 Å². The summed E-state index contributed by atoms with van der Waals surface area (Å²) in [6.07, 6.45) is 1.36. The fourth-order valence-corrected chi connectivity index (χ4v) is 3.07. The molecule has 1 aromatic rings. The maximum atomic E-state index is 12.6. The van der Waals surface area contributed by atoms with Crippen molar-refractivity contribution >= 4 is 36.4 Å². The fourth-order valence-electron chi connectivity index (χ4n) is 3.07. The van der Waals surface area contributed by atoms with E-state index >= 15 is 0 Å². The van der Waals surface area contributed by atoms with Gasteiger partial charge >= 0.3 is 0 Å². The van der Waals surface area contributed by atoms with Crippen LogP contribution in [0.25, 0.3) is 0 Å². The van der Waals surface area contributed by atoms with E-state index in [1.807, 2.05) is 24.3 Å². The fraction of sp³-hybridized carbons (Fsp3) is 0.632. The molecule has 2 rings (SSSR count). The average Bonchev–Trinajstić information content (AvgIpc) is 2.67. The Balaban J connectivity index is 0.00000338. The normalized spacial score (nSPS) is 15.4. The summed E-state index contributed by atoms with van der Waals surface area (Å²) in [5.74, 6) is 0.736. The molecule has 1 saturated heterocycles. The number of methoxy groups -OCH3 is 1. The number of likely N-dealkylation sites (N-methyl/N-ethyl adjacent to an activating group) is 1. The van der Waals surface area contributed by atoms with Crippen molar-refractivity contribution in [1.29, 1.82) is 0 Å². The van der Waals surface area contributed by atoms with E-state index in [2.05, 4.69) is 29.4 Å².